The van der Waals surface area contributed by atoms with Gasteiger partial charge in [0.15, 0.2) is 7.28 Å². The van der Waals surface area contributed by atoms with E-state index in [4.69, 9.17) is 0 Å². The van der Waals surface area contributed by atoms with E-state index in [1.165, 1.54) is 0 Å². The van der Waals surface area contributed by atoms with Crippen LogP contribution in [0, 0.1) is 6.92 Å². The highest BCUT2D eigenvalue weighted by Crippen LogP contribution is 1.78. The van der Waals surface area contributed by atoms with E-state index in [2.05, 4.69) is 9.97 Å². The van der Waals surface area contributed by atoms with Gasteiger partial charge in [-0.2, -0.15) is 0 Å². The molecule has 0 atom stereocenters. The van der Waals surface area contributed by atoms with Gasteiger partial charge in [0.2, 0.25) is 0 Å². The van der Waals surface area contributed by atoms with Crippen LogP contribution >= 0.6 is 0 Å². The molecule has 0 spiro atoms. The summed E-state index contributed by atoms with van der Waals surface area (Å²) in [7, 11) is 1.97. The normalized spacial score (nSPS) is 9.11. The minimum absolute atomic E-state index is 0.820. The minimum Gasteiger partial charge on any atom is -0.242 e. The number of aryl methyl sites for hydroxylation is 1. The maximum Gasteiger partial charge on any atom is 0.152 e. The third-order valence-corrected chi connectivity index (χ3v) is 1.13. The Bertz CT molecular complexity index is 183. The predicted octanol–water partition coefficient (Wildman–Crippen LogP) is 0.163. The predicted molar refractivity (Wildman–Crippen MR) is 38.0 cm³/mol. The molecule has 1 radical (unpaired) electrons. The second-order valence-electron chi connectivity index (χ2n) is 1.85. The van der Waals surface area contributed by atoms with E-state index in [9.17, 15) is 0 Å². The van der Waals surface area contributed by atoms with E-state index >= 15 is 0 Å². The molecule has 0 unspecified atom stereocenters. The van der Waals surface area contributed by atoms with E-state index in [1.807, 2.05) is 33.4 Å². The van der Waals surface area contributed by atoms with Gasteiger partial charge in [-0.25, -0.2) is 9.97 Å². The summed E-state index contributed by atoms with van der Waals surface area (Å²) >= 11 is 0. The molecule has 0 amide bonds. The molecule has 1 rings (SSSR count). The molecular formula is C6H8BN2. The van der Waals surface area contributed by atoms with Crippen molar-refractivity contribution in [1.82, 2.24) is 9.97 Å². The van der Waals surface area contributed by atoms with Gasteiger partial charge in [-0.15, -0.1) is 0 Å². The summed E-state index contributed by atoms with van der Waals surface area (Å²) in [6, 6.07) is 0. The maximum absolute atomic E-state index is 4.01. The first-order chi connectivity index (χ1) is 4.33. The van der Waals surface area contributed by atoms with Crippen LogP contribution in [0.1, 0.15) is 5.82 Å². The largest absolute Gasteiger partial charge is 0.242 e. The minimum atomic E-state index is 0.820. The number of rotatable bonds is 1. The summed E-state index contributed by atoms with van der Waals surface area (Å²) in [4.78, 5) is 8.02. The molecule has 0 N–H and O–H groups in total. The molecule has 0 aliphatic carbocycles. The van der Waals surface area contributed by atoms with E-state index < -0.39 is 0 Å². The van der Waals surface area contributed by atoms with Gasteiger partial charge in [0.1, 0.15) is 5.82 Å². The average Bonchev–Trinajstić information content (AvgIpc) is 1.90. The van der Waals surface area contributed by atoms with Crippen LogP contribution in [0.2, 0.25) is 6.82 Å². The van der Waals surface area contributed by atoms with Crippen LogP contribution in [0.25, 0.3) is 0 Å². The maximum atomic E-state index is 4.01. The molecule has 0 bridgehead atoms. The van der Waals surface area contributed by atoms with Crippen molar-refractivity contribution >= 4 is 12.7 Å². The Morgan fingerprint density at radius 3 is 2.33 bits per heavy atom. The molecule has 0 aliphatic heterocycles. The quantitative estimate of drug-likeness (QED) is 0.492. The first-order valence-corrected chi connectivity index (χ1v) is 2.91. The second kappa shape index (κ2) is 2.62. The highest BCUT2D eigenvalue weighted by molar-refractivity contribution is 6.51. The van der Waals surface area contributed by atoms with E-state index in [-0.39, 0.29) is 0 Å². The van der Waals surface area contributed by atoms with Crippen molar-refractivity contribution in [3.8, 4) is 0 Å². The summed E-state index contributed by atoms with van der Waals surface area (Å²) in [6.07, 6.45) is 3.62. The zero-order valence-corrected chi connectivity index (χ0v) is 5.63. The van der Waals surface area contributed by atoms with E-state index in [0.717, 1.165) is 11.3 Å². The molecule has 2 nitrogen and oxygen atoms in total. The van der Waals surface area contributed by atoms with Crippen LogP contribution in [0.15, 0.2) is 12.4 Å². The van der Waals surface area contributed by atoms with Gasteiger partial charge >= 0.3 is 0 Å². The molecule has 1 aromatic heterocycles. The second-order valence-corrected chi connectivity index (χ2v) is 1.85. The standard InChI is InChI=1S/C6H8BN2/c1-5-8-3-6(7-2)4-9-5/h3-4H,1-2H3. The molecule has 3 heteroatoms. The lowest BCUT2D eigenvalue weighted by Crippen LogP contribution is -2.12. The number of aromatic nitrogens is 2. The molecule has 45 valence electrons. The molecule has 0 aliphatic rings. The summed E-state index contributed by atoms with van der Waals surface area (Å²) in [5.74, 6) is 0.820. The van der Waals surface area contributed by atoms with Crippen LogP contribution in [0.4, 0.5) is 0 Å². The molecule has 1 aromatic rings. The van der Waals surface area contributed by atoms with Crippen LogP contribution in [0.5, 0.6) is 0 Å². The van der Waals surface area contributed by atoms with Gasteiger partial charge in [-0.05, 0) is 6.92 Å². The topological polar surface area (TPSA) is 25.8 Å². The van der Waals surface area contributed by atoms with Crippen LogP contribution < -0.4 is 5.46 Å². The first kappa shape index (κ1) is 6.27. The van der Waals surface area contributed by atoms with Crippen LogP contribution in [-0.2, 0) is 0 Å². The average molecular weight is 119 g/mol. The van der Waals surface area contributed by atoms with Crippen molar-refractivity contribution in [1.29, 1.82) is 0 Å². The molecular weight excluding hydrogens is 111 g/mol. The lowest BCUT2D eigenvalue weighted by atomic mass is 9.75. The van der Waals surface area contributed by atoms with Gasteiger partial charge in [0, 0.05) is 12.4 Å². The smallest absolute Gasteiger partial charge is 0.152 e. The van der Waals surface area contributed by atoms with Gasteiger partial charge in [-0.3, -0.25) is 0 Å². The van der Waals surface area contributed by atoms with E-state index in [1.54, 1.807) is 0 Å². The van der Waals surface area contributed by atoms with Gasteiger partial charge in [-0.1, -0.05) is 12.3 Å². The third-order valence-electron chi connectivity index (χ3n) is 1.13. The molecule has 0 fully saturated rings. The van der Waals surface area contributed by atoms with Gasteiger partial charge in [0.05, 0.1) is 0 Å². The van der Waals surface area contributed by atoms with Gasteiger partial charge < -0.3 is 0 Å². The lowest BCUT2D eigenvalue weighted by Gasteiger charge is -1.92. The van der Waals surface area contributed by atoms with Crippen molar-refractivity contribution in [2.45, 2.75) is 13.7 Å². The Kier molecular flexibility index (Phi) is 1.83. The highest BCUT2D eigenvalue weighted by atomic mass is 14.8. The summed E-state index contributed by atoms with van der Waals surface area (Å²) in [6.45, 7) is 3.84. The molecule has 1 heterocycles. The fourth-order valence-corrected chi connectivity index (χ4v) is 0.552. The molecule has 9 heavy (non-hydrogen) atoms. The molecule has 0 aromatic carbocycles. The number of hydrogen-bond donors (Lipinski definition) is 0. The van der Waals surface area contributed by atoms with Crippen molar-refractivity contribution in [3.63, 3.8) is 0 Å². The molecule has 0 saturated carbocycles. The zero-order valence-electron chi connectivity index (χ0n) is 5.63. The van der Waals surface area contributed by atoms with Gasteiger partial charge in [0.25, 0.3) is 0 Å². The fraction of sp³-hybridized carbons (Fsp3) is 0.333. The van der Waals surface area contributed by atoms with Crippen molar-refractivity contribution in [2.24, 2.45) is 0 Å². The number of hydrogen-bond acceptors (Lipinski definition) is 2. The first-order valence-electron chi connectivity index (χ1n) is 2.91. The summed E-state index contributed by atoms with van der Waals surface area (Å²) in [5.41, 5.74) is 1.07. The Morgan fingerprint density at radius 1 is 1.33 bits per heavy atom. The SMILES string of the molecule is C[B]c1cnc(C)nc1. The summed E-state index contributed by atoms with van der Waals surface area (Å²) < 4.78 is 0. The summed E-state index contributed by atoms with van der Waals surface area (Å²) in [5, 5.41) is 0. The lowest BCUT2D eigenvalue weighted by molar-refractivity contribution is 1.06. The van der Waals surface area contributed by atoms with E-state index in [0.29, 0.717) is 0 Å². The van der Waals surface area contributed by atoms with Crippen LogP contribution in [0.3, 0.4) is 0 Å². The van der Waals surface area contributed by atoms with Crippen molar-refractivity contribution in [3.05, 3.63) is 18.2 Å². The Hall–Kier alpha value is -0.855. The monoisotopic (exact) mass is 119 g/mol. The van der Waals surface area contributed by atoms with Crippen LogP contribution in [-0.4, -0.2) is 17.2 Å². The highest BCUT2D eigenvalue weighted by Gasteiger charge is 1.88. The Balaban J connectivity index is 2.88. The molecule has 0 saturated heterocycles. The van der Waals surface area contributed by atoms with Crippen molar-refractivity contribution < 1.29 is 0 Å². The number of nitrogens with zero attached hydrogens (tertiary/aromatic N) is 2. The Morgan fingerprint density at radius 2 is 1.89 bits per heavy atom. The third kappa shape index (κ3) is 1.52. The Labute approximate surface area is 55.6 Å². The zero-order chi connectivity index (χ0) is 6.69. The van der Waals surface area contributed by atoms with Crippen molar-refractivity contribution in [2.75, 3.05) is 0 Å². The fourth-order valence-electron chi connectivity index (χ4n) is 0.552.